The molecule has 0 heterocycles. The van der Waals surface area contributed by atoms with Crippen molar-refractivity contribution in [3.63, 3.8) is 0 Å². The van der Waals surface area contributed by atoms with E-state index in [4.69, 9.17) is 8.85 Å². The fourth-order valence-corrected chi connectivity index (χ4v) is 8.85. The second-order valence-corrected chi connectivity index (χ2v) is 10.9. The zero-order chi connectivity index (χ0) is 13.9. The van der Waals surface area contributed by atoms with E-state index < -0.39 is 8.56 Å². The van der Waals surface area contributed by atoms with E-state index in [9.17, 15) is 0 Å². The van der Waals surface area contributed by atoms with Crippen molar-refractivity contribution in [1.29, 1.82) is 0 Å². The van der Waals surface area contributed by atoms with Gasteiger partial charge in [-0.25, -0.2) is 0 Å². The van der Waals surface area contributed by atoms with Crippen molar-refractivity contribution in [2.24, 2.45) is 11.8 Å². The molecule has 0 aromatic carbocycles. The van der Waals surface area contributed by atoms with Crippen molar-refractivity contribution in [2.75, 3.05) is 14.2 Å². The lowest BCUT2D eigenvalue weighted by molar-refractivity contribution is 0.182. The Labute approximate surface area is 120 Å². The van der Waals surface area contributed by atoms with Gasteiger partial charge in [0.25, 0.3) is 0 Å². The third-order valence-electron chi connectivity index (χ3n) is 5.81. The van der Waals surface area contributed by atoms with Gasteiger partial charge in [-0.05, 0) is 37.5 Å². The van der Waals surface area contributed by atoms with E-state index in [1.54, 1.807) is 0 Å². The van der Waals surface area contributed by atoms with Crippen LogP contribution in [0, 0.1) is 11.8 Å². The minimum Gasteiger partial charge on any atom is -0.397 e. The lowest BCUT2D eigenvalue weighted by Gasteiger charge is -2.45. The van der Waals surface area contributed by atoms with Crippen molar-refractivity contribution in [3.8, 4) is 0 Å². The van der Waals surface area contributed by atoms with Crippen LogP contribution >= 0.6 is 0 Å². The minimum absolute atomic E-state index is 0.733. The molecule has 0 radical (unpaired) electrons. The molecule has 3 heteroatoms. The molecule has 0 aromatic rings. The number of hydrogen-bond acceptors (Lipinski definition) is 2. The molecule has 0 bridgehead atoms. The van der Waals surface area contributed by atoms with E-state index in [0.29, 0.717) is 0 Å². The maximum absolute atomic E-state index is 6.15. The van der Waals surface area contributed by atoms with Crippen LogP contribution in [-0.2, 0) is 8.85 Å². The Morgan fingerprint density at radius 2 is 0.947 bits per heavy atom. The summed E-state index contributed by atoms with van der Waals surface area (Å²) in [7, 11) is 1.84. The second kappa shape index (κ2) is 6.73. The van der Waals surface area contributed by atoms with E-state index in [-0.39, 0.29) is 0 Å². The summed E-state index contributed by atoms with van der Waals surface area (Å²) in [5.74, 6) is 1.81. The van der Waals surface area contributed by atoms with Gasteiger partial charge in [0.05, 0.1) is 0 Å². The molecule has 2 nitrogen and oxygen atoms in total. The van der Waals surface area contributed by atoms with E-state index in [1.807, 2.05) is 14.2 Å². The molecule has 19 heavy (non-hydrogen) atoms. The van der Waals surface area contributed by atoms with Gasteiger partial charge in [-0.3, -0.25) is 0 Å². The summed E-state index contributed by atoms with van der Waals surface area (Å²) in [5.41, 5.74) is 1.47. The van der Waals surface area contributed by atoms with E-state index in [0.717, 1.165) is 22.9 Å². The standard InChI is InChI=1S/C16H32O2Si/c1-13-5-9-15(10-6-13)19(17-3,18-4)16-11-7-14(2)8-12-16/h13-16H,5-12H2,1-4H3. The summed E-state index contributed by atoms with van der Waals surface area (Å²) in [5, 5.41) is 0. The van der Waals surface area contributed by atoms with Crippen molar-refractivity contribution in [1.82, 2.24) is 0 Å². The van der Waals surface area contributed by atoms with Gasteiger partial charge >= 0.3 is 8.56 Å². The Hall–Kier alpha value is 0.137. The Balaban J connectivity index is 2.08. The molecule has 0 atom stereocenters. The van der Waals surface area contributed by atoms with Crippen LogP contribution in [0.1, 0.15) is 65.2 Å². The summed E-state index contributed by atoms with van der Waals surface area (Å²) in [6.45, 7) is 4.78. The van der Waals surface area contributed by atoms with Crippen LogP contribution in [-0.4, -0.2) is 22.8 Å². The monoisotopic (exact) mass is 284 g/mol. The molecule has 2 fully saturated rings. The molecule has 2 aliphatic carbocycles. The van der Waals surface area contributed by atoms with Gasteiger partial charge in [-0.1, -0.05) is 39.5 Å². The maximum atomic E-state index is 6.15. The second-order valence-electron chi connectivity index (χ2n) is 7.04. The molecule has 0 unspecified atom stereocenters. The first kappa shape index (κ1) is 15.5. The summed E-state index contributed by atoms with van der Waals surface area (Å²) < 4.78 is 12.3. The Kier molecular flexibility index (Phi) is 5.50. The maximum Gasteiger partial charge on any atom is 0.344 e. The number of rotatable bonds is 4. The van der Waals surface area contributed by atoms with Crippen molar-refractivity contribution in [3.05, 3.63) is 0 Å². The largest absolute Gasteiger partial charge is 0.397 e. The van der Waals surface area contributed by atoms with Gasteiger partial charge < -0.3 is 8.85 Å². The highest BCUT2D eigenvalue weighted by molar-refractivity contribution is 6.70. The third-order valence-corrected chi connectivity index (χ3v) is 10.5. The predicted molar refractivity (Wildman–Crippen MR) is 82.5 cm³/mol. The molecule has 0 spiro atoms. The molecule has 2 aliphatic rings. The van der Waals surface area contributed by atoms with E-state index in [2.05, 4.69) is 13.8 Å². The SMILES string of the molecule is CO[Si](OC)(C1CCC(C)CC1)C1CCC(C)CC1. The summed E-state index contributed by atoms with van der Waals surface area (Å²) in [4.78, 5) is 0. The number of hydrogen-bond donors (Lipinski definition) is 0. The van der Waals surface area contributed by atoms with Gasteiger partial charge in [-0.2, -0.15) is 0 Å². The highest BCUT2D eigenvalue weighted by Crippen LogP contribution is 2.50. The first-order chi connectivity index (χ1) is 9.12. The van der Waals surface area contributed by atoms with Crippen LogP contribution in [0.25, 0.3) is 0 Å². The lowest BCUT2D eigenvalue weighted by atomic mass is 9.90. The molecule has 0 N–H and O–H groups in total. The summed E-state index contributed by atoms with van der Waals surface area (Å²) in [6, 6.07) is 0. The van der Waals surface area contributed by atoms with Crippen LogP contribution in [0.15, 0.2) is 0 Å². The van der Waals surface area contributed by atoms with Gasteiger partial charge in [-0.15, -0.1) is 0 Å². The molecular weight excluding hydrogens is 252 g/mol. The first-order valence-electron chi connectivity index (χ1n) is 8.22. The Morgan fingerprint density at radius 3 is 1.21 bits per heavy atom. The van der Waals surface area contributed by atoms with E-state index >= 15 is 0 Å². The first-order valence-corrected chi connectivity index (χ1v) is 10.2. The molecule has 0 saturated heterocycles. The molecular formula is C16H32O2Si. The molecule has 112 valence electrons. The molecule has 0 aliphatic heterocycles. The van der Waals surface area contributed by atoms with Crippen LogP contribution in [0.3, 0.4) is 0 Å². The molecule has 0 amide bonds. The fraction of sp³-hybridized carbons (Fsp3) is 1.00. The average molecular weight is 285 g/mol. The van der Waals surface area contributed by atoms with Crippen molar-refractivity contribution >= 4 is 8.56 Å². The molecule has 0 aromatic heterocycles. The van der Waals surface area contributed by atoms with Crippen molar-refractivity contribution in [2.45, 2.75) is 76.3 Å². The van der Waals surface area contributed by atoms with Crippen molar-refractivity contribution < 1.29 is 8.85 Å². The highest BCUT2D eigenvalue weighted by atomic mass is 28.4. The Morgan fingerprint density at radius 1 is 0.632 bits per heavy atom. The smallest absolute Gasteiger partial charge is 0.344 e. The molecule has 2 rings (SSSR count). The zero-order valence-corrected chi connectivity index (χ0v) is 14.3. The van der Waals surface area contributed by atoms with Crippen LogP contribution in [0.4, 0.5) is 0 Å². The van der Waals surface area contributed by atoms with Crippen LogP contribution < -0.4 is 0 Å². The third kappa shape index (κ3) is 3.25. The van der Waals surface area contributed by atoms with E-state index in [1.165, 1.54) is 51.4 Å². The van der Waals surface area contributed by atoms with Crippen LogP contribution in [0.5, 0.6) is 0 Å². The minimum atomic E-state index is -2.00. The fourth-order valence-electron chi connectivity index (χ4n) is 4.41. The average Bonchev–Trinajstić information content (AvgIpc) is 2.44. The molecule has 2 saturated carbocycles. The van der Waals surface area contributed by atoms with Gasteiger partial charge in [0.15, 0.2) is 0 Å². The summed E-state index contributed by atoms with van der Waals surface area (Å²) >= 11 is 0. The topological polar surface area (TPSA) is 18.5 Å². The van der Waals surface area contributed by atoms with Gasteiger partial charge in [0, 0.05) is 25.3 Å². The Bertz CT molecular complexity index is 238. The normalized spacial score (nSPS) is 37.3. The lowest BCUT2D eigenvalue weighted by Crippen LogP contribution is -2.51. The highest BCUT2D eigenvalue weighted by Gasteiger charge is 2.51. The van der Waals surface area contributed by atoms with Crippen LogP contribution in [0.2, 0.25) is 11.1 Å². The van der Waals surface area contributed by atoms with Gasteiger partial charge in [0.1, 0.15) is 0 Å². The quantitative estimate of drug-likeness (QED) is 0.685. The summed E-state index contributed by atoms with van der Waals surface area (Å²) in [6.07, 6.45) is 10.8. The van der Waals surface area contributed by atoms with Gasteiger partial charge in [0.2, 0.25) is 0 Å². The predicted octanol–water partition coefficient (Wildman–Crippen LogP) is 4.88. The zero-order valence-electron chi connectivity index (χ0n) is 13.3.